The van der Waals surface area contributed by atoms with Gasteiger partial charge >= 0.3 is 0 Å². The number of ether oxygens (including phenoxy) is 2. The van der Waals surface area contributed by atoms with E-state index in [0.717, 1.165) is 26.2 Å². The monoisotopic (exact) mass is 241 g/mol. The van der Waals surface area contributed by atoms with Crippen LogP contribution < -0.4 is 5.32 Å². The van der Waals surface area contributed by atoms with Gasteiger partial charge in [0.25, 0.3) is 0 Å². The van der Waals surface area contributed by atoms with E-state index in [4.69, 9.17) is 9.47 Å². The van der Waals surface area contributed by atoms with Crippen molar-refractivity contribution in [3.8, 4) is 0 Å². The molecule has 1 saturated heterocycles. The Morgan fingerprint density at radius 1 is 1.69 bits per heavy atom. The van der Waals surface area contributed by atoms with E-state index in [1.165, 1.54) is 12.0 Å². The molecule has 0 saturated carbocycles. The predicted molar refractivity (Wildman–Crippen MR) is 65.8 cm³/mol. The third-order valence-electron chi connectivity index (χ3n) is 2.91. The van der Waals surface area contributed by atoms with Gasteiger partial charge in [-0.15, -0.1) is 0 Å². The fraction of sp³-hybridized carbons (Fsp3) is 0.667. The summed E-state index contributed by atoms with van der Waals surface area (Å²) in [7, 11) is 1.74. The summed E-state index contributed by atoms with van der Waals surface area (Å²) < 4.78 is 10.9. The summed E-state index contributed by atoms with van der Waals surface area (Å²) in [5.41, 5.74) is 1.34. The van der Waals surface area contributed by atoms with E-state index >= 15 is 0 Å². The second-order valence-corrected chi connectivity index (χ2v) is 4.91. The van der Waals surface area contributed by atoms with Gasteiger partial charge in [0.1, 0.15) is 0 Å². The molecule has 1 aromatic rings. The van der Waals surface area contributed by atoms with Crippen molar-refractivity contribution in [2.24, 2.45) is 0 Å². The zero-order chi connectivity index (χ0) is 11.2. The quantitative estimate of drug-likeness (QED) is 0.826. The van der Waals surface area contributed by atoms with Crippen LogP contribution in [0.2, 0.25) is 0 Å². The molecule has 0 aromatic carbocycles. The maximum atomic E-state index is 5.70. The number of nitrogens with one attached hydrogen (secondary N) is 1. The van der Waals surface area contributed by atoms with Gasteiger partial charge in [0.05, 0.1) is 18.8 Å². The van der Waals surface area contributed by atoms with Crippen LogP contribution in [0, 0.1) is 0 Å². The van der Waals surface area contributed by atoms with Gasteiger partial charge in [0.15, 0.2) is 0 Å². The highest BCUT2D eigenvalue weighted by Gasteiger charge is 2.25. The van der Waals surface area contributed by atoms with Gasteiger partial charge in [0, 0.05) is 20.3 Å². The fourth-order valence-corrected chi connectivity index (χ4v) is 2.71. The lowest BCUT2D eigenvalue weighted by Crippen LogP contribution is -2.42. The molecule has 0 bridgehead atoms. The molecule has 1 aliphatic rings. The molecule has 1 aromatic heterocycles. The Hall–Kier alpha value is -0.420. The van der Waals surface area contributed by atoms with E-state index in [1.54, 1.807) is 18.4 Å². The Morgan fingerprint density at radius 2 is 2.62 bits per heavy atom. The Morgan fingerprint density at radius 3 is 3.25 bits per heavy atom. The third-order valence-corrected chi connectivity index (χ3v) is 3.64. The first kappa shape index (κ1) is 12.0. The molecular weight excluding hydrogens is 222 g/mol. The molecule has 2 heterocycles. The maximum Gasteiger partial charge on any atom is 0.0751 e. The zero-order valence-corrected chi connectivity index (χ0v) is 10.5. The fourth-order valence-electron chi connectivity index (χ4n) is 2.04. The Labute approximate surface area is 101 Å². The molecule has 4 heteroatoms. The van der Waals surface area contributed by atoms with Gasteiger partial charge < -0.3 is 14.8 Å². The summed E-state index contributed by atoms with van der Waals surface area (Å²) in [5, 5.41) is 7.80. The SMILES string of the molecule is COCC(NCc1ccsc1)[C@@H]1CCCO1. The van der Waals surface area contributed by atoms with Crippen LogP contribution in [0.3, 0.4) is 0 Å². The second kappa shape index (κ2) is 6.35. The van der Waals surface area contributed by atoms with Crippen LogP contribution in [0.25, 0.3) is 0 Å². The lowest BCUT2D eigenvalue weighted by atomic mass is 10.1. The summed E-state index contributed by atoms with van der Waals surface area (Å²) in [4.78, 5) is 0. The molecule has 1 fully saturated rings. The lowest BCUT2D eigenvalue weighted by molar-refractivity contribution is 0.0428. The van der Waals surface area contributed by atoms with Crippen molar-refractivity contribution in [2.45, 2.75) is 31.5 Å². The molecular formula is C12H19NO2S. The van der Waals surface area contributed by atoms with Crippen LogP contribution in [0.4, 0.5) is 0 Å². The molecule has 16 heavy (non-hydrogen) atoms. The largest absolute Gasteiger partial charge is 0.383 e. The second-order valence-electron chi connectivity index (χ2n) is 4.13. The Bertz CT molecular complexity index is 283. The molecule has 2 rings (SSSR count). The van der Waals surface area contributed by atoms with E-state index < -0.39 is 0 Å². The van der Waals surface area contributed by atoms with Crippen LogP contribution in [-0.4, -0.2) is 32.5 Å². The molecule has 90 valence electrons. The normalized spacial score (nSPS) is 22.4. The predicted octanol–water partition coefficient (Wildman–Crippen LogP) is 2.03. The number of rotatable bonds is 6. The number of hydrogen-bond donors (Lipinski definition) is 1. The molecule has 2 atom stereocenters. The first-order valence-corrected chi connectivity index (χ1v) is 6.69. The molecule has 1 unspecified atom stereocenters. The Balaban J connectivity index is 1.82. The lowest BCUT2D eigenvalue weighted by Gasteiger charge is -2.23. The van der Waals surface area contributed by atoms with Crippen molar-refractivity contribution in [3.63, 3.8) is 0 Å². The van der Waals surface area contributed by atoms with Gasteiger partial charge in [-0.3, -0.25) is 0 Å². The molecule has 1 aliphatic heterocycles. The summed E-state index contributed by atoms with van der Waals surface area (Å²) >= 11 is 1.73. The molecule has 3 nitrogen and oxygen atoms in total. The smallest absolute Gasteiger partial charge is 0.0751 e. The van der Waals surface area contributed by atoms with Crippen LogP contribution in [0.5, 0.6) is 0 Å². The van der Waals surface area contributed by atoms with Crippen molar-refractivity contribution < 1.29 is 9.47 Å². The van der Waals surface area contributed by atoms with Crippen LogP contribution >= 0.6 is 11.3 Å². The van der Waals surface area contributed by atoms with Crippen molar-refractivity contribution in [2.75, 3.05) is 20.3 Å². The summed E-state index contributed by atoms with van der Waals surface area (Å²) in [6.45, 7) is 2.51. The van der Waals surface area contributed by atoms with E-state index in [2.05, 4.69) is 22.1 Å². The van der Waals surface area contributed by atoms with Crippen LogP contribution in [-0.2, 0) is 16.0 Å². The van der Waals surface area contributed by atoms with Gasteiger partial charge in [-0.2, -0.15) is 11.3 Å². The van der Waals surface area contributed by atoms with Gasteiger partial charge in [-0.05, 0) is 35.2 Å². The van der Waals surface area contributed by atoms with Gasteiger partial charge in [-0.25, -0.2) is 0 Å². The average Bonchev–Trinajstić information content (AvgIpc) is 2.96. The maximum absolute atomic E-state index is 5.70. The first-order valence-electron chi connectivity index (χ1n) is 5.75. The highest BCUT2D eigenvalue weighted by molar-refractivity contribution is 7.07. The topological polar surface area (TPSA) is 30.5 Å². The van der Waals surface area contributed by atoms with E-state index in [-0.39, 0.29) is 0 Å². The first-order chi connectivity index (χ1) is 7.90. The highest BCUT2D eigenvalue weighted by Crippen LogP contribution is 2.16. The molecule has 0 radical (unpaired) electrons. The number of thiophene rings is 1. The molecule has 0 spiro atoms. The zero-order valence-electron chi connectivity index (χ0n) is 9.65. The third kappa shape index (κ3) is 3.28. The standard InChI is InChI=1S/C12H19NO2S/c1-14-8-11(12-3-2-5-15-12)13-7-10-4-6-16-9-10/h4,6,9,11-13H,2-3,5,7-8H2,1H3/t11?,12-/m0/s1. The minimum Gasteiger partial charge on any atom is -0.383 e. The number of methoxy groups -OCH3 is 1. The van der Waals surface area contributed by atoms with Crippen molar-refractivity contribution in [1.82, 2.24) is 5.32 Å². The Kier molecular flexibility index (Phi) is 4.78. The minimum absolute atomic E-state index is 0.312. The summed E-state index contributed by atoms with van der Waals surface area (Å²) in [6.07, 6.45) is 2.63. The molecule has 1 N–H and O–H groups in total. The van der Waals surface area contributed by atoms with Crippen LogP contribution in [0.15, 0.2) is 16.8 Å². The molecule has 0 amide bonds. The van der Waals surface area contributed by atoms with Crippen molar-refractivity contribution >= 4 is 11.3 Å². The van der Waals surface area contributed by atoms with Crippen molar-refractivity contribution in [1.29, 1.82) is 0 Å². The average molecular weight is 241 g/mol. The highest BCUT2D eigenvalue weighted by atomic mass is 32.1. The minimum atomic E-state index is 0.312. The summed E-state index contributed by atoms with van der Waals surface area (Å²) in [5.74, 6) is 0. The van der Waals surface area contributed by atoms with Gasteiger partial charge in [0.2, 0.25) is 0 Å². The number of hydrogen-bond acceptors (Lipinski definition) is 4. The van der Waals surface area contributed by atoms with Crippen LogP contribution in [0.1, 0.15) is 18.4 Å². The molecule has 0 aliphatic carbocycles. The van der Waals surface area contributed by atoms with E-state index in [9.17, 15) is 0 Å². The summed E-state index contributed by atoms with van der Waals surface area (Å²) in [6, 6.07) is 2.46. The van der Waals surface area contributed by atoms with Crippen molar-refractivity contribution in [3.05, 3.63) is 22.4 Å². The van der Waals surface area contributed by atoms with Gasteiger partial charge in [-0.1, -0.05) is 0 Å². The van der Waals surface area contributed by atoms with E-state index in [0.29, 0.717) is 12.1 Å². The van der Waals surface area contributed by atoms with E-state index in [1.807, 2.05) is 0 Å².